The number of rotatable bonds is 7. The highest BCUT2D eigenvalue weighted by molar-refractivity contribution is 5.61. The normalized spacial score (nSPS) is 14.2. The van der Waals surface area contributed by atoms with E-state index in [1.54, 1.807) is 6.92 Å². The summed E-state index contributed by atoms with van der Waals surface area (Å²) >= 11 is 0. The van der Waals surface area contributed by atoms with Crippen LogP contribution < -0.4 is 0 Å². The van der Waals surface area contributed by atoms with Gasteiger partial charge in [0.15, 0.2) is 11.9 Å². The van der Waals surface area contributed by atoms with Gasteiger partial charge in [0.05, 0.1) is 0 Å². The van der Waals surface area contributed by atoms with Crippen molar-refractivity contribution in [1.82, 2.24) is 0 Å². The van der Waals surface area contributed by atoms with E-state index in [0.717, 1.165) is 6.08 Å². The number of alkyl halides is 3. The summed E-state index contributed by atoms with van der Waals surface area (Å²) in [5.74, 6) is 0.120. The number of halogens is 3. The van der Waals surface area contributed by atoms with Crippen molar-refractivity contribution < 1.29 is 22.7 Å². The van der Waals surface area contributed by atoms with Crippen molar-refractivity contribution in [3.63, 3.8) is 0 Å². The van der Waals surface area contributed by atoms with E-state index < -0.39 is 17.4 Å². The van der Waals surface area contributed by atoms with Crippen LogP contribution >= 0.6 is 0 Å². The average molecular weight is 276 g/mol. The predicted octanol–water partition coefficient (Wildman–Crippen LogP) is 4.34. The second-order valence-corrected chi connectivity index (χ2v) is 4.54. The summed E-state index contributed by atoms with van der Waals surface area (Å²) in [6.07, 6.45) is -0.0612. The van der Waals surface area contributed by atoms with Crippen LogP contribution in [0.25, 0.3) is 0 Å². The molecule has 0 rings (SSSR count). The minimum atomic E-state index is -4.36. The molecular weight excluding hydrogens is 257 g/mol. The molecule has 19 heavy (non-hydrogen) atoms. The minimum Gasteiger partial charge on any atom is -0.480 e. The van der Waals surface area contributed by atoms with E-state index in [4.69, 9.17) is 4.74 Å². The zero-order valence-electron chi connectivity index (χ0n) is 11.4. The lowest BCUT2D eigenvalue weighted by Gasteiger charge is -2.20. The molecule has 0 amide bonds. The standard InChI is InChI=1S/C14H19F3O2/c1-5-7-11(14(15,16)17)8-9-12(6-2)19-13(3,4)10-18/h6,8-10H,2,5,7H2,1,3-4H3/b11-8+,12-9+. The number of hydrogen-bond acceptors (Lipinski definition) is 2. The summed E-state index contributed by atoms with van der Waals surface area (Å²) in [4.78, 5) is 10.7. The van der Waals surface area contributed by atoms with Crippen molar-refractivity contribution in [2.75, 3.05) is 0 Å². The smallest absolute Gasteiger partial charge is 0.412 e. The second kappa shape index (κ2) is 7.16. The van der Waals surface area contributed by atoms with Gasteiger partial charge in [-0.1, -0.05) is 26.0 Å². The van der Waals surface area contributed by atoms with Gasteiger partial charge in [0.1, 0.15) is 5.76 Å². The molecule has 5 heteroatoms. The van der Waals surface area contributed by atoms with E-state index in [0.29, 0.717) is 12.7 Å². The van der Waals surface area contributed by atoms with Crippen molar-refractivity contribution >= 4 is 6.29 Å². The first kappa shape index (κ1) is 17.5. The Kier molecular flexibility index (Phi) is 6.59. The van der Waals surface area contributed by atoms with Crippen molar-refractivity contribution in [2.45, 2.75) is 45.4 Å². The highest BCUT2D eigenvalue weighted by atomic mass is 19.4. The third kappa shape index (κ3) is 6.84. The van der Waals surface area contributed by atoms with E-state index in [-0.39, 0.29) is 12.2 Å². The van der Waals surface area contributed by atoms with Gasteiger partial charge in [-0.05, 0) is 32.4 Å². The van der Waals surface area contributed by atoms with Crippen molar-refractivity contribution in [2.24, 2.45) is 0 Å². The fourth-order valence-electron chi connectivity index (χ4n) is 1.24. The Hall–Kier alpha value is -1.52. The number of hydrogen-bond donors (Lipinski definition) is 0. The van der Waals surface area contributed by atoms with Gasteiger partial charge in [-0.25, -0.2) is 0 Å². The average Bonchev–Trinajstić information content (AvgIpc) is 2.31. The molecule has 0 atom stereocenters. The van der Waals surface area contributed by atoms with Gasteiger partial charge in [-0.2, -0.15) is 13.2 Å². The molecule has 0 aromatic heterocycles. The van der Waals surface area contributed by atoms with Gasteiger partial charge in [0.25, 0.3) is 0 Å². The summed E-state index contributed by atoms with van der Waals surface area (Å²) in [7, 11) is 0. The summed E-state index contributed by atoms with van der Waals surface area (Å²) in [5.41, 5.74) is -1.74. The summed E-state index contributed by atoms with van der Waals surface area (Å²) in [6.45, 7) is 8.14. The van der Waals surface area contributed by atoms with Crippen LogP contribution in [-0.2, 0) is 9.53 Å². The first-order valence-corrected chi connectivity index (χ1v) is 5.92. The molecule has 0 aliphatic carbocycles. The minimum absolute atomic E-state index is 0.0680. The van der Waals surface area contributed by atoms with E-state index in [1.807, 2.05) is 0 Å². The zero-order chi connectivity index (χ0) is 15.1. The lowest BCUT2D eigenvalue weighted by molar-refractivity contribution is -0.122. The highest BCUT2D eigenvalue weighted by Gasteiger charge is 2.32. The number of carbonyl (C=O) groups is 1. The molecule has 0 spiro atoms. The highest BCUT2D eigenvalue weighted by Crippen LogP contribution is 2.29. The molecule has 0 aliphatic rings. The molecule has 0 aromatic rings. The molecule has 0 fully saturated rings. The molecule has 108 valence electrons. The Morgan fingerprint density at radius 3 is 2.21 bits per heavy atom. The maximum atomic E-state index is 12.6. The molecule has 2 nitrogen and oxygen atoms in total. The van der Waals surface area contributed by atoms with E-state index in [2.05, 4.69) is 6.58 Å². The lowest BCUT2D eigenvalue weighted by Crippen LogP contribution is -2.25. The molecule has 0 aliphatic heterocycles. The predicted molar refractivity (Wildman–Crippen MR) is 68.6 cm³/mol. The molecule has 0 N–H and O–H groups in total. The van der Waals surface area contributed by atoms with Crippen LogP contribution in [0.1, 0.15) is 33.6 Å². The molecule has 0 unspecified atom stereocenters. The molecule has 0 saturated carbocycles. The SMILES string of the molecule is C=C/C(=C\C=C(/CCC)C(F)(F)F)OC(C)(C)C=O. The van der Waals surface area contributed by atoms with Crippen LogP contribution in [0.2, 0.25) is 0 Å². The van der Waals surface area contributed by atoms with Gasteiger partial charge >= 0.3 is 6.18 Å². The molecule has 0 aromatic carbocycles. The third-order valence-electron chi connectivity index (χ3n) is 2.20. The van der Waals surface area contributed by atoms with E-state index in [9.17, 15) is 18.0 Å². The second-order valence-electron chi connectivity index (χ2n) is 4.54. The fourth-order valence-corrected chi connectivity index (χ4v) is 1.24. The van der Waals surface area contributed by atoms with Crippen molar-refractivity contribution in [3.8, 4) is 0 Å². The third-order valence-corrected chi connectivity index (χ3v) is 2.20. The van der Waals surface area contributed by atoms with E-state index in [1.165, 1.54) is 26.0 Å². The van der Waals surface area contributed by atoms with Gasteiger partial charge in [-0.15, -0.1) is 0 Å². The van der Waals surface area contributed by atoms with Gasteiger partial charge in [0, 0.05) is 5.57 Å². The molecule has 0 heterocycles. The Labute approximate surface area is 111 Å². The largest absolute Gasteiger partial charge is 0.480 e. The first-order chi connectivity index (χ1) is 8.66. The Morgan fingerprint density at radius 1 is 1.26 bits per heavy atom. The number of allylic oxidation sites excluding steroid dienone is 4. The molecule has 0 bridgehead atoms. The van der Waals surface area contributed by atoms with Crippen LogP contribution in [0.15, 0.2) is 36.1 Å². The summed E-state index contributed by atoms with van der Waals surface area (Å²) < 4.78 is 43.2. The lowest BCUT2D eigenvalue weighted by atomic mass is 10.1. The van der Waals surface area contributed by atoms with Crippen LogP contribution in [0.3, 0.4) is 0 Å². The van der Waals surface area contributed by atoms with Gasteiger partial charge < -0.3 is 4.74 Å². The molecule has 0 radical (unpaired) electrons. The van der Waals surface area contributed by atoms with Gasteiger partial charge in [-0.3, -0.25) is 4.79 Å². The monoisotopic (exact) mass is 276 g/mol. The van der Waals surface area contributed by atoms with Crippen LogP contribution in [0.4, 0.5) is 13.2 Å². The van der Waals surface area contributed by atoms with E-state index >= 15 is 0 Å². The Morgan fingerprint density at radius 2 is 1.84 bits per heavy atom. The zero-order valence-corrected chi connectivity index (χ0v) is 11.4. The quantitative estimate of drug-likeness (QED) is 0.393. The Bertz CT molecular complexity index is 377. The summed E-state index contributed by atoms with van der Waals surface area (Å²) in [6, 6.07) is 0. The number of aldehydes is 1. The number of carbonyl (C=O) groups excluding carboxylic acids is 1. The van der Waals surface area contributed by atoms with Crippen LogP contribution in [0, 0.1) is 0 Å². The maximum absolute atomic E-state index is 12.6. The van der Waals surface area contributed by atoms with Crippen molar-refractivity contribution in [1.29, 1.82) is 0 Å². The van der Waals surface area contributed by atoms with Crippen LogP contribution in [0.5, 0.6) is 0 Å². The van der Waals surface area contributed by atoms with Crippen molar-refractivity contribution in [3.05, 3.63) is 36.1 Å². The molecule has 0 saturated heterocycles. The summed E-state index contributed by atoms with van der Waals surface area (Å²) in [5, 5.41) is 0. The topological polar surface area (TPSA) is 26.3 Å². The first-order valence-electron chi connectivity index (χ1n) is 5.92. The maximum Gasteiger partial charge on any atom is 0.412 e. The number of ether oxygens (including phenoxy) is 1. The Balaban J connectivity index is 5.15. The van der Waals surface area contributed by atoms with Crippen LogP contribution in [-0.4, -0.2) is 18.1 Å². The van der Waals surface area contributed by atoms with Gasteiger partial charge in [0.2, 0.25) is 0 Å². The molecular formula is C14H19F3O2. The fraction of sp³-hybridized carbons (Fsp3) is 0.500.